The minimum Gasteiger partial charge on any atom is -0.486 e. The molecule has 1 aromatic rings. The highest BCUT2D eigenvalue weighted by Crippen LogP contribution is 2.39. The number of allylic oxidation sites excluding steroid dienone is 1. The SMILES string of the molecule is C=CCC1(C(=O)O)CCN(S(=O)(=O)c2ccsc2OC)CC1. The van der Waals surface area contributed by atoms with Gasteiger partial charge in [-0.2, -0.15) is 4.31 Å². The second-order valence-electron chi connectivity index (χ2n) is 5.26. The maximum atomic E-state index is 12.7. The van der Waals surface area contributed by atoms with Crippen molar-refractivity contribution in [2.75, 3.05) is 20.2 Å². The number of ether oxygens (including phenoxy) is 1. The lowest BCUT2D eigenvalue weighted by Crippen LogP contribution is -2.46. The number of carbonyl (C=O) groups is 1. The van der Waals surface area contributed by atoms with Crippen molar-refractivity contribution in [3.05, 3.63) is 24.1 Å². The van der Waals surface area contributed by atoms with Gasteiger partial charge in [-0.25, -0.2) is 8.42 Å². The van der Waals surface area contributed by atoms with Gasteiger partial charge in [-0.3, -0.25) is 4.79 Å². The van der Waals surface area contributed by atoms with Crippen molar-refractivity contribution in [3.63, 3.8) is 0 Å². The molecule has 0 atom stereocenters. The third kappa shape index (κ3) is 2.90. The second kappa shape index (κ2) is 6.39. The molecule has 0 amide bonds. The Morgan fingerprint density at radius 1 is 1.55 bits per heavy atom. The standard InChI is InChI=1S/C14H19NO5S2/c1-3-5-14(13(16)17)6-8-15(9-7-14)22(18,19)11-4-10-21-12(11)20-2/h3-4,10H,1,5-9H2,2H3,(H,16,17). The van der Waals surface area contributed by atoms with Gasteiger partial charge in [0.05, 0.1) is 12.5 Å². The summed E-state index contributed by atoms with van der Waals surface area (Å²) in [5.41, 5.74) is -0.910. The molecular formula is C14H19NO5S2. The molecule has 0 radical (unpaired) electrons. The van der Waals surface area contributed by atoms with Crippen LogP contribution in [0.25, 0.3) is 0 Å². The summed E-state index contributed by atoms with van der Waals surface area (Å²) in [4.78, 5) is 11.7. The lowest BCUT2D eigenvalue weighted by atomic mass is 9.76. The smallest absolute Gasteiger partial charge is 0.310 e. The summed E-state index contributed by atoms with van der Waals surface area (Å²) in [5.74, 6) is -0.891. The summed E-state index contributed by atoms with van der Waals surface area (Å²) in [6.45, 7) is 3.97. The molecule has 0 aliphatic carbocycles. The van der Waals surface area contributed by atoms with Crippen molar-refractivity contribution in [2.24, 2.45) is 5.41 Å². The number of carboxylic acid groups (broad SMARTS) is 1. The summed E-state index contributed by atoms with van der Waals surface area (Å²) in [6, 6.07) is 1.52. The van der Waals surface area contributed by atoms with E-state index in [1.165, 1.54) is 28.8 Å². The van der Waals surface area contributed by atoms with Gasteiger partial charge in [-0.15, -0.1) is 17.9 Å². The first-order valence-corrected chi connectivity index (χ1v) is 9.15. The van der Waals surface area contributed by atoms with E-state index in [9.17, 15) is 18.3 Å². The first kappa shape index (κ1) is 17.0. The van der Waals surface area contributed by atoms with E-state index in [0.717, 1.165) is 0 Å². The fourth-order valence-electron chi connectivity index (χ4n) is 2.70. The van der Waals surface area contributed by atoms with Gasteiger partial charge in [-0.1, -0.05) is 6.08 Å². The van der Waals surface area contributed by atoms with Crippen LogP contribution in [0.3, 0.4) is 0 Å². The van der Waals surface area contributed by atoms with Crippen LogP contribution in [0.15, 0.2) is 29.0 Å². The Balaban J connectivity index is 2.20. The molecule has 1 aliphatic heterocycles. The third-order valence-corrected chi connectivity index (χ3v) is 6.99. The summed E-state index contributed by atoms with van der Waals surface area (Å²) in [6.07, 6.45) is 2.48. The zero-order valence-corrected chi connectivity index (χ0v) is 14.0. The molecule has 8 heteroatoms. The van der Waals surface area contributed by atoms with Crippen molar-refractivity contribution >= 4 is 27.3 Å². The number of sulfonamides is 1. The maximum Gasteiger partial charge on any atom is 0.310 e. The van der Waals surface area contributed by atoms with Gasteiger partial charge in [0.1, 0.15) is 4.90 Å². The quantitative estimate of drug-likeness (QED) is 0.799. The molecule has 1 saturated heterocycles. The second-order valence-corrected chi connectivity index (χ2v) is 8.04. The van der Waals surface area contributed by atoms with Crippen molar-refractivity contribution in [2.45, 2.75) is 24.2 Å². The van der Waals surface area contributed by atoms with Crippen LogP contribution >= 0.6 is 11.3 Å². The van der Waals surface area contributed by atoms with Crippen LogP contribution in [0.4, 0.5) is 0 Å². The van der Waals surface area contributed by atoms with Gasteiger partial charge in [-0.05, 0) is 30.7 Å². The molecular weight excluding hydrogens is 326 g/mol. The molecule has 2 heterocycles. The number of nitrogens with zero attached hydrogens (tertiary/aromatic N) is 1. The van der Waals surface area contributed by atoms with Crippen LogP contribution in [0, 0.1) is 5.41 Å². The highest BCUT2D eigenvalue weighted by atomic mass is 32.2. The van der Waals surface area contributed by atoms with Gasteiger partial charge < -0.3 is 9.84 Å². The predicted molar refractivity (Wildman–Crippen MR) is 83.7 cm³/mol. The Kier molecular flexibility index (Phi) is 4.93. The van der Waals surface area contributed by atoms with E-state index in [-0.39, 0.29) is 30.8 Å². The third-order valence-electron chi connectivity index (χ3n) is 4.07. The fourth-order valence-corrected chi connectivity index (χ4v) is 5.33. The van der Waals surface area contributed by atoms with Gasteiger partial charge >= 0.3 is 5.97 Å². The summed E-state index contributed by atoms with van der Waals surface area (Å²) < 4.78 is 31.7. The molecule has 1 aliphatic rings. The monoisotopic (exact) mass is 345 g/mol. The van der Waals surface area contributed by atoms with E-state index in [0.29, 0.717) is 11.5 Å². The topological polar surface area (TPSA) is 83.9 Å². The van der Waals surface area contributed by atoms with Gasteiger partial charge in [0.25, 0.3) is 0 Å². The van der Waals surface area contributed by atoms with Crippen molar-refractivity contribution in [3.8, 4) is 5.06 Å². The van der Waals surface area contributed by atoms with Crippen molar-refractivity contribution in [1.82, 2.24) is 4.31 Å². The highest BCUT2D eigenvalue weighted by Gasteiger charge is 2.43. The highest BCUT2D eigenvalue weighted by molar-refractivity contribution is 7.89. The van der Waals surface area contributed by atoms with Crippen LogP contribution in [-0.4, -0.2) is 44.0 Å². The number of methoxy groups -OCH3 is 1. The summed E-state index contributed by atoms with van der Waals surface area (Å²) in [5, 5.41) is 11.5. The molecule has 122 valence electrons. The number of hydrogen-bond acceptors (Lipinski definition) is 5. The summed E-state index contributed by atoms with van der Waals surface area (Å²) in [7, 11) is -2.22. The average Bonchev–Trinajstić information content (AvgIpc) is 2.97. The Labute approximate surface area is 134 Å². The number of hydrogen-bond donors (Lipinski definition) is 1. The zero-order chi connectivity index (χ0) is 16.4. The molecule has 2 rings (SSSR count). The zero-order valence-electron chi connectivity index (χ0n) is 12.3. The molecule has 0 saturated carbocycles. The van der Waals surface area contributed by atoms with Gasteiger partial charge in [0.15, 0.2) is 5.06 Å². The van der Waals surface area contributed by atoms with Crippen LogP contribution in [0.2, 0.25) is 0 Å². The molecule has 0 unspecified atom stereocenters. The molecule has 1 fully saturated rings. The van der Waals surface area contributed by atoms with E-state index in [1.807, 2.05) is 0 Å². The van der Waals surface area contributed by atoms with Gasteiger partial charge in [0.2, 0.25) is 10.0 Å². The van der Waals surface area contributed by atoms with Crippen LogP contribution in [0.1, 0.15) is 19.3 Å². The first-order valence-electron chi connectivity index (χ1n) is 6.83. The predicted octanol–water partition coefficient (Wildman–Crippen LogP) is 2.19. The lowest BCUT2D eigenvalue weighted by Gasteiger charge is -2.37. The Morgan fingerprint density at radius 3 is 2.68 bits per heavy atom. The molecule has 22 heavy (non-hydrogen) atoms. The molecule has 1 N–H and O–H groups in total. The van der Waals surface area contributed by atoms with Crippen molar-refractivity contribution in [1.29, 1.82) is 0 Å². The maximum absolute atomic E-state index is 12.7. The van der Waals surface area contributed by atoms with Gasteiger partial charge in [0, 0.05) is 13.1 Å². The molecule has 0 bridgehead atoms. The molecule has 6 nitrogen and oxygen atoms in total. The molecule has 0 aromatic carbocycles. The van der Waals surface area contributed by atoms with E-state index in [1.54, 1.807) is 11.5 Å². The van der Waals surface area contributed by atoms with E-state index in [2.05, 4.69) is 6.58 Å². The number of rotatable bonds is 6. The van der Waals surface area contributed by atoms with E-state index >= 15 is 0 Å². The Bertz CT molecular complexity index is 657. The number of thiophene rings is 1. The lowest BCUT2D eigenvalue weighted by molar-refractivity contribution is -0.151. The average molecular weight is 345 g/mol. The number of piperidine rings is 1. The number of aliphatic carboxylic acids is 1. The fraction of sp³-hybridized carbons (Fsp3) is 0.500. The largest absolute Gasteiger partial charge is 0.486 e. The minimum absolute atomic E-state index is 0.145. The normalized spacial score (nSPS) is 18.8. The van der Waals surface area contributed by atoms with E-state index in [4.69, 9.17) is 4.74 Å². The Morgan fingerprint density at radius 2 is 2.18 bits per heavy atom. The van der Waals surface area contributed by atoms with Crippen molar-refractivity contribution < 1.29 is 23.1 Å². The first-order chi connectivity index (χ1) is 10.4. The Hall–Kier alpha value is -1.38. The van der Waals surface area contributed by atoms with Crippen LogP contribution < -0.4 is 4.74 Å². The van der Waals surface area contributed by atoms with E-state index < -0.39 is 21.4 Å². The number of carboxylic acids is 1. The molecule has 1 aromatic heterocycles. The minimum atomic E-state index is -3.65. The van der Waals surface area contributed by atoms with Crippen LogP contribution in [-0.2, 0) is 14.8 Å². The summed E-state index contributed by atoms with van der Waals surface area (Å²) >= 11 is 1.22. The van der Waals surface area contributed by atoms with Crippen LogP contribution in [0.5, 0.6) is 5.06 Å². The molecule has 0 spiro atoms.